The van der Waals surface area contributed by atoms with Crippen molar-refractivity contribution in [1.29, 1.82) is 0 Å². The third-order valence-electron chi connectivity index (χ3n) is 2.83. The third kappa shape index (κ3) is 3.14. The molecule has 5 nitrogen and oxygen atoms in total. The Hall–Kier alpha value is -1.27. The largest absolute Gasteiger partial charge is 0.309 e. The number of hydrogen-bond acceptors (Lipinski definition) is 5. The normalized spacial score (nSPS) is 12.8. The van der Waals surface area contributed by atoms with Crippen molar-refractivity contribution in [3.8, 4) is 0 Å². The van der Waals surface area contributed by atoms with Crippen molar-refractivity contribution in [2.75, 3.05) is 6.54 Å². The first-order valence-electron chi connectivity index (χ1n) is 6.21. The van der Waals surface area contributed by atoms with E-state index in [0.717, 1.165) is 30.8 Å². The summed E-state index contributed by atoms with van der Waals surface area (Å²) in [6.07, 6.45) is 3.97. The molecule has 0 bridgehead atoms. The molecule has 0 aliphatic heterocycles. The van der Waals surface area contributed by atoms with Crippen LogP contribution in [0, 0.1) is 6.92 Å². The van der Waals surface area contributed by atoms with Crippen LogP contribution >= 0.6 is 11.5 Å². The summed E-state index contributed by atoms with van der Waals surface area (Å²) in [5.74, 6) is 0. The predicted octanol–water partition coefficient (Wildman–Crippen LogP) is 1.86. The van der Waals surface area contributed by atoms with Crippen molar-refractivity contribution in [2.45, 2.75) is 32.7 Å². The first-order chi connectivity index (χ1) is 8.70. The summed E-state index contributed by atoms with van der Waals surface area (Å²) in [6, 6.07) is 2.32. The van der Waals surface area contributed by atoms with E-state index in [4.69, 9.17) is 0 Å². The van der Waals surface area contributed by atoms with Gasteiger partial charge in [-0.05, 0) is 37.5 Å². The maximum Gasteiger partial charge on any atom is 0.0772 e. The minimum absolute atomic E-state index is 0.264. The van der Waals surface area contributed by atoms with Gasteiger partial charge < -0.3 is 5.32 Å². The summed E-state index contributed by atoms with van der Waals surface area (Å²) in [5, 5.41) is 12.1. The van der Waals surface area contributed by atoms with E-state index in [-0.39, 0.29) is 6.04 Å². The SMILES string of the molecule is CCCNC(Cc1ccn(C)n1)c1snnc1C. The molecule has 6 heteroatoms. The molecule has 0 aliphatic rings. The molecule has 18 heavy (non-hydrogen) atoms. The van der Waals surface area contributed by atoms with E-state index in [2.05, 4.69) is 33.0 Å². The lowest BCUT2D eigenvalue weighted by Crippen LogP contribution is -2.24. The van der Waals surface area contributed by atoms with Gasteiger partial charge in [0.05, 0.1) is 22.3 Å². The van der Waals surface area contributed by atoms with Gasteiger partial charge in [-0.15, -0.1) is 5.10 Å². The van der Waals surface area contributed by atoms with Crippen molar-refractivity contribution >= 4 is 11.5 Å². The van der Waals surface area contributed by atoms with Crippen molar-refractivity contribution in [3.63, 3.8) is 0 Å². The summed E-state index contributed by atoms with van der Waals surface area (Å²) in [6.45, 7) is 5.18. The van der Waals surface area contributed by atoms with E-state index in [1.807, 2.05) is 24.9 Å². The van der Waals surface area contributed by atoms with Crippen molar-refractivity contribution in [1.82, 2.24) is 24.7 Å². The number of nitrogens with one attached hydrogen (secondary N) is 1. The molecule has 0 radical (unpaired) electrons. The highest BCUT2D eigenvalue weighted by atomic mass is 32.1. The van der Waals surface area contributed by atoms with Crippen LogP contribution in [-0.2, 0) is 13.5 Å². The molecule has 1 atom stereocenters. The number of rotatable bonds is 6. The maximum absolute atomic E-state index is 4.44. The van der Waals surface area contributed by atoms with Crippen LogP contribution in [-0.4, -0.2) is 25.9 Å². The lowest BCUT2D eigenvalue weighted by Gasteiger charge is -2.15. The van der Waals surface area contributed by atoms with E-state index < -0.39 is 0 Å². The first kappa shape index (κ1) is 13.2. The Morgan fingerprint density at radius 3 is 2.89 bits per heavy atom. The first-order valence-corrected chi connectivity index (χ1v) is 6.98. The van der Waals surface area contributed by atoms with Crippen LogP contribution in [0.2, 0.25) is 0 Å². The molecule has 0 saturated carbocycles. The smallest absolute Gasteiger partial charge is 0.0772 e. The quantitative estimate of drug-likeness (QED) is 0.866. The van der Waals surface area contributed by atoms with Gasteiger partial charge in [0.15, 0.2) is 0 Å². The number of nitrogens with zero attached hydrogens (tertiary/aromatic N) is 4. The zero-order valence-corrected chi connectivity index (χ0v) is 11.9. The zero-order valence-electron chi connectivity index (χ0n) is 11.1. The number of aryl methyl sites for hydroxylation is 2. The Morgan fingerprint density at radius 1 is 1.50 bits per heavy atom. The summed E-state index contributed by atoms with van der Waals surface area (Å²) in [5.41, 5.74) is 2.11. The molecule has 0 aromatic carbocycles. The molecular formula is C12H19N5S. The Morgan fingerprint density at radius 2 is 2.33 bits per heavy atom. The maximum atomic E-state index is 4.44. The number of aromatic nitrogens is 4. The highest BCUT2D eigenvalue weighted by Gasteiger charge is 2.18. The average Bonchev–Trinajstić information content (AvgIpc) is 2.93. The number of hydrogen-bond donors (Lipinski definition) is 1. The second-order valence-electron chi connectivity index (χ2n) is 4.41. The molecular weight excluding hydrogens is 246 g/mol. The third-order valence-corrected chi connectivity index (χ3v) is 3.77. The van der Waals surface area contributed by atoms with Crippen LogP contribution in [0.15, 0.2) is 12.3 Å². The van der Waals surface area contributed by atoms with Crippen LogP contribution in [0.5, 0.6) is 0 Å². The second-order valence-corrected chi connectivity index (χ2v) is 5.20. The van der Waals surface area contributed by atoms with Crippen LogP contribution in [0.4, 0.5) is 0 Å². The molecule has 0 aliphatic carbocycles. The van der Waals surface area contributed by atoms with Gasteiger partial charge in [-0.2, -0.15) is 5.10 Å². The topological polar surface area (TPSA) is 55.6 Å². The summed E-state index contributed by atoms with van der Waals surface area (Å²) >= 11 is 1.48. The van der Waals surface area contributed by atoms with Crippen molar-refractivity contribution < 1.29 is 0 Å². The fraction of sp³-hybridized carbons (Fsp3) is 0.583. The zero-order chi connectivity index (χ0) is 13.0. The molecule has 1 N–H and O–H groups in total. The van der Waals surface area contributed by atoms with Gasteiger partial charge in [0.1, 0.15) is 0 Å². The highest BCUT2D eigenvalue weighted by Crippen LogP contribution is 2.23. The fourth-order valence-electron chi connectivity index (χ4n) is 1.91. The van der Waals surface area contributed by atoms with E-state index in [9.17, 15) is 0 Å². The second kappa shape index (κ2) is 6.06. The van der Waals surface area contributed by atoms with E-state index in [0.29, 0.717) is 0 Å². The van der Waals surface area contributed by atoms with Crippen LogP contribution in [0.1, 0.15) is 35.7 Å². The van der Waals surface area contributed by atoms with Gasteiger partial charge in [0.25, 0.3) is 0 Å². The lowest BCUT2D eigenvalue weighted by atomic mass is 10.1. The van der Waals surface area contributed by atoms with Crippen LogP contribution in [0.3, 0.4) is 0 Å². The Labute approximate surface area is 111 Å². The minimum Gasteiger partial charge on any atom is -0.309 e. The van der Waals surface area contributed by atoms with Crippen molar-refractivity contribution in [2.24, 2.45) is 7.05 Å². The molecule has 1 unspecified atom stereocenters. The molecule has 2 heterocycles. The van der Waals surface area contributed by atoms with Gasteiger partial charge in [-0.3, -0.25) is 4.68 Å². The summed E-state index contributed by atoms with van der Waals surface area (Å²) in [7, 11) is 1.94. The molecule has 0 fully saturated rings. The summed E-state index contributed by atoms with van der Waals surface area (Å²) < 4.78 is 5.86. The standard InChI is InChI=1S/C12H19N5S/c1-4-6-13-11(12-9(2)14-16-18-12)8-10-5-7-17(3)15-10/h5,7,11,13H,4,6,8H2,1-3H3. The highest BCUT2D eigenvalue weighted by molar-refractivity contribution is 7.05. The summed E-state index contributed by atoms with van der Waals surface area (Å²) in [4.78, 5) is 1.22. The van der Waals surface area contributed by atoms with Gasteiger partial charge in [-0.1, -0.05) is 11.4 Å². The molecule has 0 saturated heterocycles. The lowest BCUT2D eigenvalue weighted by molar-refractivity contribution is 0.525. The predicted molar refractivity (Wildman–Crippen MR) is 72.6 cm³/mol. The van der Waals surface area contributed by atoms with Crippen LogP contribution < -0.4 is 5.32 Å². The molecule has 0 spiro atoms. The van der Waals surface area contributed by atoms with Gasteiger partial charge in [-0.25, -0.2) is 0 Å². The van der Waals surface area contributed by atoms with Crippen LogP contribution in [0.25, 0.3) is 0 Å². The van der Waals surface area contributed by atoms with E-state index in [1.54, 1.807) is 0 Å². The Balaban J connectivity index is 2.12. The van der Waals surface area contributed by atoms with Gasteiger partial charge >= 0.3 is 0 Å². The molecule has 0 amide bonds. The Bertz CT molecular complexity index is 490. The van der Waals surface area contributed by atoms with E-state index >= 15 is 0 Å². The minimum atomic E-state index is 0.264. The Kier molecular flexibility index (Phi) is 4.43. The average molecular weight is 265 g/mol. The monoisotopic (exact) mass is 265 g/mol. The molecule has 2 aromatic rings. The van der Waals surface area contributed by atoms with Gasteiger partial charge in [0, 0.05) is 19.7 Å². The molecule has 98 valence electrons. The molecule has 2 aromatic heterocycles. The van der Waals surface area contributed by atoms with Gasteiger partial charge in [0.2, 0.25) is 0 Å². The van der Waals surface area contributed by atoms with E-state index in [1.165, 1.54) is 16.4 Å². The molecule has 2 rings (SSSR count). The van der Waals surface area contributed by atoms with Crippen molar-refractivity contribution in [3.05, 3.63) is 28.5 Å². The fourth-order valence-corrected chi connectivity index (χ4v) is 2.63.